The number of aromatic nitrogens is 3. The molecule has 0 aliphatic rings. The van der Waals surface area contributed by atoms with Crippen LogP contribution in [-0.2, 0) is 4.79 Å². The van der Waals surface area contributed by atoms with Crippen LogP contribution in [0.3, 0.4) is 0 Å². The van der Waals surface area contributed by atoms with Gasteiger partial charge in [0.25, 0.3) is 0 Å². The van der Waals surface area contributed by atoms with E-state index < -0.39 is 0 Å². The van der Waals surface area contributed by atoms with Gasteiger partial charge in [-0.15, -0.1) is 17.5 Å². The lowest BCUT2D eigenvalue weighted by atomic mass is 10.1. The van der Waals surface area contributed by atoms with Crippen LogP contribution in [0.25, 0.3) is 5.69 Å². The predicted molar refractivity (Wildman–Crippen MR) is 97.3 cm³/mol. The van der Waals surface area contributed by atoms with Gasteiger partial charge in [-0.05, 0) is 38.4 Å². The van der Waals surface area contributed by atoms with E-state index in [0.29, 0.717) is 6.42 Å². The Bertz CT molecular complexity index is 602. The minimum absolute atomic E-state index is 0. The molecule has 132 valence electrons. The van der Waals surface area contributed by atoms with E-state index in [-0.39, 0.29) is 24.4 Å². The number of carbonyl (C=O) groups excluding carboxylic acids is 1. The summed E-state index contributed by atoms with van der Waals surface area (Å²) < 4.78 is 1.71. The highest BCUT2D eigenvalue weighted by Gasteiger charge is 2.13. The molecule has 0 radical (unpaired) electrons. The maximum atomic E-state index is 11.9. The SMILES string of the molecule is CC(NC(=O)CCCCCCN)c1cn(-c2ccccc2)nn1.Cl. The van der Waals surface area contributed by atoms with Crippen LogP contribution in [0, 0.1) is 0 Å². The van der Waals surface area contributed by atoms with Gasteiger partial charge in [0.15, 0.2) is 0 Å². The van der Waals surface area contributed by atoms with Crippen LogP contribution in [0.2, 0.25) is 0 Å². The van der Waals surface area contributed by atoms with Crippen LogP contribution in [0.4, 0.5) is 0 Å². The van der Waals surface area contributed by atoms with E-state index >= 15 is 0 Å². The number of benzene rings is 1. The van der Waals surface area contributed by atoms with E-state index in [1.54, 1.807) is 4.68 Å². The van der Waals surface area contributed by atoms with E-state index in [1.165, 1.54) is 0 Å². The summed E-state index contributed by atoms with van der Waals surface area (Å²) in [6.45, 7) is 2.64. The highest BCUT2D eigenvalue weighted by molar-refractivity contribution is 5.85. The molecule has 7 heteroatoms. The topological polar surface area (TPSA) is 85.8 Å². The fourth-order valence-electron chi connectivity index (χ4n) is 2.35. The first-order valence-electron chi connectivity index (χ1n) is 8.18. The Morgan fingerprint density at radius 3 is 2.62 bits per heavy atom. The van der Waals surface area contributed by atoms with Crippen molar-refractivity contribution in [2.45, 2.75) is 45.1 Å². The molecule has 0 saturated carbocycles. The molecule has 1 aromatic heterocycles. The predicted octanol–water partition coefficient (Wildman–Crippen LogP) is 2.78. The van der Waals surface area contributed by atoms with Crippen LogP contribution in [-0.4, -0.2) is 27.4 Å². The lowest BCUT2D eigenvalue weighted by molar-refractivity contribution is -0.121. The smallest absolute Gasteiger partial charge is 0.220 e. The van der Waals surface area contributed by atoms with Crippen molar-refractivity contribution in [1.29, 1.82) is 0 Å². The zero-order valence-electron chi connectivity index (χ0n) is 14.0. The van der Waals surface area contributed by atoms with Crippen LogP contribution in [0.15, 0.2) is 36.5 Å². The Hall–Kier alpha value is -1.92. The Kier molecular flexibility index (Phi) is 9.04. The summed E-state index contributed by atoms with van der Waals surface area (Å²) in [7, 11) is 0. The number of rotatable bonds is 9. The van der Waals surface area contributed by atoms with Gasteiger partial charge in [0.2, 0.25) is 5.91 Å². The summed E-state index contributed by atoms with van der Waals surface area (Å²) in [6, 6.07) is 9.63. The fraction of sp³-hybridized carbons (Fsp3) is 0.471. The first-order chi connectivity index (χ1) is 11.2. The Morgan fingerprint density at radius 2 is 1.92 bits per heavy atom. The minimum Gasteiger partial charge on any atom is -0.348 e. The summed E-state index contributed by atoms with van der Waals surface area (Å²) in [5, 5.41) is 11.2. The van der Waals surface area contributed by atoms with Crippen molar-refractivity contribution in [2.24, 2.45) is 5.73 Å². The number of para-hydroxylation sites is 1. The second kappa shape index (κ2) is 10.8. The van der Waals surface area contributed by atoms with E-state index in [2.05, 4.69) is 15.6 Å². The molecular formula is C17H26ClN5O. The number of nitrogens with zero attached hydrogens (tertiary/aromatic N) is 3. The van der Waals surface area contributed by atoms with Crippen molar-refractivity contribution < 1.29 is 4.79 Å². The number of hydrogen-bond donors (Lipinski definition) is 2. The number of halogens is 1. The largest absolute Gasteiger partial charge is 0.348 e. The maximum Gasteiger partial charge on any atom is 0.220 e. The van der Waals surface area contributed by atoms with Crippen LogP contribution >= 0.6 is 12.4 Å². The second-order valence-corrected chi connectivity index (χ2v) is 5.67. The summed E-state index contributed by atoms with van der Waals surface area (Å²) in [6.07, 6.45) is 6.45. The zero-order chi connectivity index (χ0) is 16.5. The average Bonchev–Trinajstić information content (AvgIpc) is 3.05. The van der Waals surface area contributed by atoms with Gasteiger partial charge < -0.3 is 11.1 Å². The zero-order valence-corrected chi connectivity index (χ0v) is 14.8. The van der Waals surface area contributed by atoms with Crippen molar-refractivity contribution >= 4 is 18.3 Å². The molecule has 1 aromatic carbocycles. The molecule has 0 spiro atoms. The van der Waals surface area contributed by atoms with Gasteiger partial charge in [-0.2, -0.15) is 0 Å². The summed E-state index contributed by atoms with van der Waals surface area (Å²) in [4.78, 5) is 11.9. The molecule has 0 bridgehead atoms. The van der Waals surface area contributed by atoms with Gasteiger partial charge in [-0.3, -0.25) is 4.79 Å². The molecule has 1 atom stereocenters. The molecule has 1 heterocycles. The van der Waals surface area contributed by atoms with Gasteiger partial charge in [-0.1, -0.05) is 36.3 Å². The van der Waals surface area contributed by atoms with Gasteiger partial charge >= 0.3 is 0 Å². The van der Waals surface area contributed by atoms with Gasteiger partial charge in [0.05, 0.1) is 17.9 Å². The van der Waals surface area contributed by atoms with Crippen molar-refractivity contribution in [3.8, 4) is 5.69 Å². The van der Waals surface area contributed by atoms with E-state index in [9.17, 15) is 4.79 Å². The summed E-state index contributed by atoms with van der Waals surface area (Å²) in [5.41, 5.74) is 7.15. The van der Waals surface area contributed by atoms with Gasteiger partial charge in [-0.25, -0.2) is 4.68 Å². The Balaban J connectivity index is 0.00000288. The highest BCUT2D eigenvalue weighted by Crippen LogP contribution is 2.12. The van der Waals surface area contributed by atoms with Crippen LogP contribution in [0.5, 0.6) is 0 Å². The number of amides is 1. The maximum absolute atomic E-state index is 11.9. The first-order valence-corrected chi connectivity index (χ1v) is 8.18. The van der Waals surface area contributed by atoms with E-state index in [1.807, 2.05) is 43.5 Å². The minimum atomic E-state index is -0.149. The fourth-order valence-corrected chi connectivity index (χ4v) is 2.35. The molecule has 0 aliphatic heterocycles. The van der Waals surface area contributed by atoms with Crippen LogP contribution in [0.1, 0.15) is 50.8 Å². The quantitative estimate of drug-likeness (QED) is 0.680. The average molecular weight is 352 g/mol. The van der Waals surface area contributed by atoms with Crippen molar-refractivity contribution in [3.05, 3.63) is 42.2 Å². The van der Waals surface area contributed by atoms with Gasteiger partial charge in [0, 0.05) is 6.42 Å². The third kappa shape index (κ3) is 6.29. The molecule has 1 unspecified atom stereocenters. The Labute approximate surface area is 149 Å². The lowest BCUT2D eigenvalue weighted by Crippen LogP contribution is -2.26. The van der Waals surface area contributed by atoms with E-state index in [4.69, 9.17) is 5.73 Å². The monoisotopic (exact) mass is 351 g/mol. The van der Waals surface area contributed by atoms with Crippen molar-refractivity contribution in [2.75, 3.05) is 6.54 Å². The molecule has 0 fully saturated rings. The molecule has 2 rings (SSSR count). The van der Waals surface area contributed by atoms with Crippen molar-refractivity contribution in [3.63, 3.8) is 0 Å². The standard InChI is InChI=1S/C17H25N5O.ClH/c1-14(19-17(23)11-7-2-3-8-12-18)16-13-22(21-20-16)15-9-5-4-6-10-15;/h4-6,9-10,13-14H,2-3,7-8,11-12,18H2,1H3,(H,19,23);1H. The molecule has 1 amide bonds. The number of hydrogen-bond acceptors (Lipinski definition) is 4. The number of nitrogens with one attached hydrogen (secondary N) is 1. The Morgan fingerprint density at radius 1 is 1.21 bits per heavy atom. The molecule has 24 heavy (non-hydrogen) atoms. The second-order valence-electron chi connectivity index (χ2n) is 5.67. The molecule has 2 aromatic rings. The van der Waals surface area contributed by atoms with E-state index in [0.717, 1.165) is 43.6 Å². The number of nitrogens with two attached hydrogens (primary N) is 1. The first kappa shape index (κ1) is 20.1. The normalized spacial score (nSPS) is 11.6. The van der Waals surface area contributed by atoms with Crippen LogP contribution < -0.4 is 11.1 Å². The highest BCUT2D eigenvalue weighted by atomic mass is 35.5. The molecular weight excluding hydrogens is 326 g/mol. The number of unbranched alkanes of at least 4 members (excludes halogenated alkanes) is 3. The molecule has 3 N–H and O–H groups in total. The molecule has 0 saturated heterocycles. The van der Waals surface area contributed by atoms with Crippen molar-refractivity contribution in [1.82, 2.24) is 20.3 Å². The number of carbonyl (C=O) groups is 1. The molecule has 0 aliphatic carbocycles. The lowest BCUT2D eigenvalue weighted by Gasteiger charge is -2.10. The summed E-state index contributed by atoms with van der Waals surface area (Å²) in [5.74, 6) is 0.0551. The summed E-state index contributed by atoms with van der Waals surface area (Å²) >= 11 is 0. The van der Waals surface area contributed by atoms with Gasteiger partial charge in [0.1, 0.15) is 5.69 Å². The molecule has 6 nitrogen and oxygen atoms in total. The third-order valence-corrected chi connectivity index (χ3v) is 3.71. The third-order valence-electron chi connectivity index (χ3n) is 3.71.